The molecule has 1 aliphatic carbocycles. The normalized spacial score (nSPS) is 33.5. The standard InChI is InChI=1S/C12H15NOS/c1-7-5-8-6-12(2)4-3-9(14)13-11(12)10(8)15-7/h5,11H,3-4,6H2,1-2H3,(H,13,14). The maximum absolute atomic E-state index is 11.5. The molecule has 1 aromatic heterocycles. The fourth-order valence-corrected chi connectivity index (χ4v) is 4.20. The molecule has 0 aromatic carbocycles. The fourth-order valence-electron chi connectivity index (χ4n) is 2.93. The number of amides is 1. The van der Waals surface area contributed by atoms with Crippen molar-refractivity contribution in [2.75, 3.05) is 0 Å². The van der Waals surface area contributed by atoms with Crippen molar-refractivity contribution in [3.05, 3.63) is 21.4 Å². The Morgan fingerprint density at radius 2 is 2.40 bits per heavy atom. The monoisotopic (exact) mass is 221 g/mol. The lowest BCUT2D eigenvalue weighted by Gasteiger charge is -2.36. The van der Waals surface area contributed by atoms with Crippen LogP contribution < -0.4 is 5.32 Å². The first kappa shape index (κ1) is 9.40. The third kappa shape index (κ3) is 1.26. The highest BCUT2D eigenvalue weighted by Gasteiger charge is 2.46. The summed E-state index contributed by atoms with van der Waals surface area (Å²) in [6, 6.07) is 2.57. The molecule has 3 heteroatoms. The van der Waals surface area contributed by atoms with E-state index in [1.54, 1.807) is 0 Å². The Morgan fingerprint density at radius 3 is 3.20 bits per heavy atom. The van der Waals surface area contributed by atoms with Crippen molar-refractivity contribution in [1.82, 2.24) is 5.32 Å². The number of thiophene rings is 1. The van der Waals surface area contributed by atoms with Crippen LogP contribution in [0.25, 0.3) is 0 Å². The van der Waals surface area contributed by atoms with Crippen molar-refractivity contribution in [2.45, 2.75) is 39.2 Å². The summed E-state index contributed by atoms with van der Waals surface area (Å²) in [6.45, 7) is 4.45. The van der Waals surface area contributed by atoms with E-state index in [0.717, 1.165) is 12.8 Å². The number of carbonyl (C=O) groups is 1. The van der Waals surface area contributed by atoms with Crippen LogP contribution in [0.3, 0.4) is 0 Å². The molecule has 80 valence electrons. The average molecular weight is 221 g/mol. The molecule has 0 radical (unpaired) electrons. The van der Waals surface area contributed by atoms with E-state index in [0.29, 0.717) is 6.42 Å². The second kappa shape index (κ2) is 2.85. The van der Waals surface area contributed by atoms with E-state index >= 15 is 0 Å². The zero-order valence-corrected chi connectivity index (χ0v) is 9.91. The van der Waals surface area contributed by atoms with Gasteiger partial charge < -0.3 is 5.32 Å². The molecule has 1 amide bonds. The lowest BCUT2D eigenvalue weighted by molar-refractivity contribution is -0.125. The van der Waals surface area contributed by atoms with Crippen LogP contribution in [-0.2, 0) is 11.2 Å². The lowest BCUT2D eigenvalue weighted by atomic mass is 9.77. The second-order valence-corrected chi connectivity index (χ2v) is 6.37. The lowest BCUT2D eigenvalue weighted by Crippen LogP contribution is -2.42. The van der Waals surface area contributed by atoms with Crippen LogP contribution in [-0.4, -0.2) is 5.91 Å². The molecule has 1 N–H and O–H groups in total. The van der Waals surface area contributed by atoms with Crippen LogP contribution in [0.1, 0.15) is 41.1 Å². The van der Waals surface area contributed by atoms with Gasteiger partial charge in [-0.15, -0.1) is 11.3 Å². The minimum absolute atomic E-state index is 0.219. The molecule has 2 heterocycles. The number of rotatable bonds is 0. The van der Waals surface area contributed by atoms with Gasteiger partial charge in [-0.3, -0.25) is 4.79 Å². The van der Waals surface area contributed by atoms with Gasteiger partial charge in [0.2, 0.25) is 5.91 Å². The minimum Gasteiger partial charge on any atom is -0.348 e. The van der Waals surface area contributed by atoms with E-state index in [-0.39, 0.29) is 17.4 Å². The Morgan fingerprint density at radius 1 is 1.60 bits per heavy atom. The number of fused-ring (bicyclic) bond motifs is 3. The third-order valence-corrected chi connectivity index (χ3v) is 4.90. The molecule has 1 saturated heterocycles. The number of carbonyl (C=O) groups excluding carboxylic acids is 1. The van der Waals surface area contributed by atoms with E-state index in [2.05, 4.69) is 25.2 Å². The van der Waals surface area contributed by atoms with E-state index in [1.807, 2.05) is 11.3 Å². The predicted octanol–water partition coefficient (Wildman–Crippen LogP) is 2.57. The van der Waals surface area contributed by atoms with Gasteiger partial charge in [-0.2, -0.15) is 0 Å². The minimum atomic E-state index is 0.219. The van der Waals surface area contributed by atoms with Crippen LogP contribution in [0.5, 0.6) is 0 Å². The molecule has 0 saturated carbocycles. The highest BCUT2D eigenvalue weighted by molar-refractivity contribution is 7.12. The Kier molecular flexibility index (Phi) is 1.78. The maximum atomic E-state index is 11.5. The first-order valence-electron chi connectivity index (χ1n) is 5.47. The first-order valence-corrected chi connectivity index (χ1v) is 6.29. The van der Waals surface area contributed by atoms with Gasteiger partial charge in [0.25, 0.3) is 0 Å². The first-order chi connectivity index (χ1) is 7.08. The van der Waals surface area contributed by atoms with Gasteiger partial charge in [-0.1, -0.05) is 6.92 Å². The van der Waals surface area contributed by atoms with Crippen molar-refractivity contribution in [2.24, 2.45) is 5.41 Å². The smallest absolute Gasteiger partial charge is 0.220 e. The molecule has 15 heavy (non-hydrogen) atoms. The highest BCUT2D eigenvalue weighted by atomic mass is 32.1. The number of nitrogens with one attached hydrogen (secondary N) is 1. The highest BCUT2D eigenvalue weighted by Crippen LogP contribution is 2.52. The summed E-state index contributed by atoms with van der Waals surface area (Å²) in [4.78, 5) is 14.2. The predicted molar refractivity (Wildman–Crippen MR) is 61.0 cm³/mol. The molecule has 2 nitrogen and oxygen atoms in total. The third-order valence-electron chi connectivity index (χ3n) is 3.75. The number of hydrogen-bond acceptors (Lipinski definition) is 2. The Bertz CT molecular complexity index is 437. The molecule has 2 aliphatic rings. The van der Waals surface area contributed by atoms with Gasteiger partial charge in [0.05, 0.1) is 6.04 Å². The Labute approximate surface area is 93.7 Å². The van der Waals surface area contributed by atoms with E-state index in [1.165, 1.54) is 15.3 Å². The summed E-state index contributed by atoms with van der Waals surface area (Å²) in [5, 5.41) is 3.16. The van der Waals surface area contributed by atoms with Gasteiger partial charge in [-0.05, 0) is 36.8 Å². The van der Waals surface area contributed by atoms with Crippen LogP contribution in [0, 0.1) is 12.3 Å². The topological polar surface area (TPSA) is 29.1 Å². The number of piperidine rings is 1. The Balaban J connectivity index is 2.05. The Hall–Kier alpha value is -0.830. The molecular weight excluding hydrogens is 206 g/mol. The SMILES string of the molecule is Cc1cc2c(s1)C1NC(=O)CCC1(C)C2. The quantitative estimate of drug-likeness (QED) is 0.716. The van der Waals surface area contributed by atoms with Gasteiger partial charge in [-0.25, -0.2) is 0 Å². The molecule has 1 fully saturated rings. The largest absolute Gasteiger partial charge is 0.348 e. The zero-order valence-electron chi connectivity index (χ0n) is 9.09. The van der Waals surface area contributed by atoms with Crippen molar-refractivity contribution in [3.8, 4) is 0 Å². The van der Waals surface area contributed by atoms with Crippen LogP contribution in [0.4, 0.5) is 0 Å². The van der Waals surface area contributed by atoms with Gasteiger partial charge in [0.15, 0.2) is 0 Å². The van der Waals surface area contributed by atoms with Crippen molar-refractivity contribution >= 4 is 17.2 Å². The van der Waals surface area contributed by atoms with Crippen molar-refractivity contribution < 1.29 is 4.79 Å². The summed E-state index contributed by atoms with van der Waals surface area (Å²) in [6.07, 6.45) is 2.86. The molecule has 0 spiro atoms. The van der Waals surface area contributed by atoms with Gasteiger partial charge in [0.1, 0.15) is 0 Å². The molecule has 2 unspecified atom stereocenters. The van der Waals surface area contributed by atoms with Gasteiger partial charge in [0, 0.05) is 16.2 Å². The second-order valence-electron chi connectivity index (χ2n) is 5.08. The van der Waals surface area contributed by atoms with Gasteiger partial charge >= 0.3 is 0 Å². The summed E-state index contributed by atoms with van der Waals surface area (Å²) in [7, 11) is 0. The van der Waals surface area contributed by atoms with Crippen LogP contribution in [0.2, 0.25) is 0 Å². The maximum Gasteiger partial charge on any atom is 0.220 e. The number of aryl methyl sites for hydroxylation is 1. The fraction of sp³-hybridized carbons (Fsp3) is 0.583. The molecule has 1 aromatic rings. The average Bonchev–Trinajstić information content (AvgIpc) is 2.61. The molecule has 1 aliphatic heterocycles. The molecule has 3 rings (SSSR count). The van der Waals surface area contributed by atoms with Crippen molar-refractivity contribution in [1.29, 1.82) is 0 Å². The summed E-state index contributed by atoms with van der Waals surface area (Å²) < 4.78 is 0. The van der Waals surface area contributed by atoms with E-state index in [4.69, 9.17) is 0 Å². The number of hydrogen-bond donors (Lipinski definition) is 1. The molecular formula is C12H15NOS. The van der Waals surface area contributed by atoms with Crippen LogP contribution >= 0.6 is 11.3 Å². The van der Waals surface area contributed by atoms with Crippen molar-refractivity contribution in [3.63, 3.8) is 0 Å². The van der Waals surface area contributed by atoms with E-state index < -0.39 is 0 Å². The zero-order chi connectivity index (χ0) is 10.6. The molecule has 0 bridgehead atoms. The van der Waals surface area contributed by atoms with E-state index in [9.17, 15) is 4.79 Å². The van der Waals surface area contributed by atoms with Crippen LogP contribution in [0.15, 0.2) is 6.07 Å². The summed E-state index contributed by atoms with van der Waals surface area (Å²) in [5.41, 5.74) is 1.75. The summed E-state index contributed by atoms with van der Waals surface area (Å²) >= 11 is 1.85. The molecule has 2 atom stereocenters. The summed E-state index contributed by atoms with van der Waals surface area (Å²) in [5.74, 6) is 0.219.